The van der Waals surface area contributed by atoms with Gasteiger partial charge in [0.25, 0.3) is 0 Å². The molecule has 0 aliphatic carbocycles. The Hall–Kier alpha value is -1.05. The first-order chi connectivity index (χ1) is 4.74. The van der Waals surface area contributed by atoms with Crippen molar-refractivity contribution in [1.29, 1.82) is 5.41 Å². The Bertz CT molecular complexity index is 273. The average Bonchev–Trinajstić information content (AvgIpc) is 1.88. The highest BCUT2D eigenvalue weighted by atomic mass is 15.0. The molecular formula is C8H12N2. The first kappa shape index (κ1) is 7.06. The summed E-state index contributed by atoms with van der Waals surface area (Å²) in [5, 5.41) is 7.47. The Morgan fingerprint density at radius 2 is 2.30 bits per heavy atom. The number of aryl methyl sites for hydroxylation is 2. The van der Waals surface area contributed by atoms with Gasteiger partial charge in [-0.25, -0.2) is 0 Å². The third kappa shape index (κ3) is 1.26. The van der Waals surface area contributed by atoms with Crippen LogP contribution in [0.1, 0.15) is 12.5 Å². The van der Waals surface area contributed by atoms with Gasteiger partial charge in [-0.3, -0.25) is 5.41 Å². The number of hydrogen-bond acceptors (Lipinski definition) is 1. The lowest BCUT2D eigenvalue weighted by Crippen LogP contribution is -2.17. The second kappa shape index (κ2) is 2.69. The van der Waals surface area contributed by atoms with E-state index in [9.17, 15) is 0 Å². The van der Waals surface area contributed by atoms with Crippen molar-refractivity contribution in [3.05, 3.63) is 29.4 Å². The van der Waals surface area contributed by atoms with E-state index < -0.39 is 0 Å². The maximum Gasteiger partial charge on any atom is 0.124 e. The summed E-state index contributed by atoms with van der Waals surface area (Å²) in [5.74, 6) is 0. The highest BCUT2D eigenvalue weighted by Gasteiger charge is 1.87. The van der Waals surface area contributed by atoms with Gasteiger partial charge in [-0.15, -0.1) is 0 Å². The van der Waals surface area contributed by atoms with E-state index in [4.69, 9.17) is 5.41 Å². The van der Waals surface area contributed by atoms with Gasteiger partial charge in [-0.05, 0) is 31.5 Å². The molecule has 1 N–H and O–H groups in total. The molecule has 0 saturated heterocycles. The van der Waals surface area contributed by atoms with Crippen molar-refractivity contribution in [3.63, 3.8) is 0 Å². The van der Waals surface area contributed by atoms with Gasteiger partial charge in [-0.1, -0.05) is 0 Å². The monoisotopic (exact) mass is 136 g/mol. The zero-order chi connectivity index (χ0) is 7.56. The molecule has 0 aliphatic heterocycles. The van der Waals surface area contributed by atoms with Gasteiger partial charge in [0.2, 0.25) is 0 Å². The van der Waals surface area contributed by atoms with Crippen LogP contribution in [0, 0.1) is 12.3 Å². The number of pyridine rings is 1. The average molecular weight is 136 g/mol. The van der Waals surface area contributed by atoms with Crippen LogP contribution in [-0.4, -0.2) is 4.57 Å². The maximum absolute atomic E-state index is 7.47. The fraction of sp³-hybridized carbons (Fsp3) is 0.375. The maximum atomic E-state index is 7.47. The normalized spacial score (nSPS) is 9.80. The summed E-state index contributed by atoms with van der Waals surface area (Å²) >= 11 is 0. The third-order valence-electron chi connectivity index (χ3n) is 1.53. The Labute approximate surface area is 60.6 Å². The van der Waals surface area contributed by atoms with Gasteiger partial charge >= 0.3 is 0 Å². The van der Waals surface area contributed by atoms with Crippen LogP contribution in [0.15, 0.2) is 18.3 Å². The predicted octanol–water partition coefficient (Wildman–Crippen LogP) is 1.30. The number of hydrogen-bond donors (Lipinski definition) is 1. The van der Waals surface area contributed by atoms with E-state index in [2.05, 4.69) is 0 Å². The summed E-state index contributed by atoms with van der Waals surface area (Å²) < 4.78 is 1.90. The summed E-state index contributed by atoms with van der Waals surface area (Å²) in [6.45, 7) is 4.91. The van der Waals surface area contributed by atoms with Gasteiger partial charge in [-0.2, -0.15) is 0 Å². The minimum atomic E-state index is 0.586. The second-order valence-electron chi connectivity index (χ2n) is 2.38. The standard InChI is InChI=1S/C8H12N2/c1-3-10-5-4-7(2)6-8(10)9/h4-6,9H,3H2,1-2H3. The molecule has 2 heteroatoms. The Morgan fingerprint density at radius 3 is 2.80 bits per heavy atom. The molecule has 0 bridgehead atoms. The van der Waals surface area contributed by atoms with Crippen molar-refractivity contribution in [2.75, 3.05) is 0 Å². The molecule has 0 aliphatic rings. The van der Waals surface area contributed by atoms with Gasteiger partial charge in [0.05, 0.1) is 0 Å². The second-order valence-corrected chi connectivity index (χ2v) is 2.38. The molecule has 10 heavy (non-hydrogen) atoms. The van der Waals surface area contributed by atoms with Crippen LogP contribution in [-0.2, 0) is 6.54 Å². The smallest absolute Gasteiger partial charge is 0.124 e. The molecule has 0 fully saturated rings. The highest BCUT2D eigenvalue weighted by molar-refractivity contribution is 5.06. The molecule has 1 aromatic heterocycles. The van der Waals surface area contributed by atoms with Gasteiger partial charge in [0.1, 0.15) is 5.49 Å². The van der Waals surface area contributed by atoms with Gasteiger partial charge in [0, 0.05) is 12.7 Å². The van der Waals surface area contributed by atoms with Crippen molar-refractivity contribution in [2.24, 2.45) is 0 Å². The highest BCUT2D eigenvalue weighted by Crippen LogP contribution is 1.89. The molecule has 1 heterocycles. The van der Waals surface area contributed by atoms with Crippen molar-refractivity contribution in [1.82, 2.24) is 4.57 Å². The van der Waals surface area contributed by atoms with Crippen LogP contribution in [0.25, 0.3) is 0 Å². The summed E-state index contributed by atoms with van der Waals surface area (Å²) in [5.41, 5.74) is 1.73. The van der Waals surface area contributed by atoms with E-state index in [1.807, 2.05) is 36.7 Å². The van der Waals surface area contributed by atoms with Crippen LogP contribution >= 0.6 is 0 Å². The van der Waals surface area contributed by atoms with Crippen LogP contribution in [0.5, 0.6) is 0 Å². The van der Waals surface area contributed by atoms with E-state index in [0.29, 0.717) is 5.49 Å². The fourth-order valence-corrected chi connectivity index (χ4v) is 0.910. The lowest BCUT2D eigenvalue weighted by atomic mass is 10.3. The van der Waals surface area contributed by atoms with E-state index in [-0.39, 0.29) is 0 Å². The lowest BCUT2D eigenvalue weighted by Gasteiger charge is -2.01. The van der Waals surface area contributed by atoms with E-state index in [0.717, 1.165) is 12.1 Å². The molecule has 0 saturated carbocycles. The van der Waals surface area contributed by atoms with Crippen molar-refractivity contribution in [2.45, 2.75) is 20.4 Å². The van der Waals surface area contributed by atoms with Crippen molar-refractivity contribution >= 4 is 0 Å². The Balaban J connectivity index is 3.20. The minimum absolute atomic E-state index is 0.586. The lowest BCUT2D eigenvalue weighted by molar-refractivity contribution is 0.700. The number of aromatic nitrogens is 1. The zero-order valence-electron chi connectivity index (χ0n) is 6.39. The van der Waals surface area contributed by atoms with Crippen LogP contribution in [0.3, 0.4) is 0 Å². The largest absolute Gasteiger partial charge is 0.334 e. The first-order valence-corrected chi connectivity index (χ1v) is 3.45. The van der Waals surface area contributed by atoms with E-state index in [1.165, 1.54) is 0 Å². The molecule has 1 aromatic rings. The number of rotatable bonds is 1. The predicted molar refractivity (Wildman–Crippen MR) is 40.7 cm³/mol. The van der Waals surface area contributed by atoms with Crippen molar-refractivity contribution < 1.29 is 0 Å². The number of nitrogens with zero attached hydrogens (tertiary/aromatic N) is 1. The van der Waals surface area contributed by atoms with Crippen molar-refractivity contribution in [3.8, 4) is 0 Å². The summed E-state index contributed by atoms with van der Waals surface area (Å²) in [4.78, 5) is 0. The Kier molecular flexibility index (Phi) is 1.90. The van der Waals surface area contributed by atoms with Gasteiger partial charge in [0.15, 0.2) is 0 Å². The summed E-state index contributed by atoms with van der Waals surface area (Å²) in [6, 6.07) is 3.88. The first-order valence-electron chi connectivity index (χ1n) is 3.45. The molecular weight excluding hydrogens is 124 g/mol. The molecule has 0 atom stereocenters. The third-order valence-corrected chi connectivity index (χ3v) is 1.53. The Morgan fingerprint density at radius 1 is 1.60 bits per heavy atom. The quantitative estimate of drug-likeness (QED) is 0.603. The molecule has 54 valence electrons. The molecule has 0 unspecified atom stereocenters. The zero-order valence-corrected chi connectivity index (χ0v) is 6.39. The van der Waals surface area contributed by atoms with Gasteiger partial charge < -0.3 is 4.57 Å². The minimum Gasteiger partial charge on any atom is -0.334 e. The molecule has 0 amide bonds. The van der Waals surface area contributed by atoms with E-state index in [1.54, 1.807) is 0 Å². The van der Waals surface area contributed by atoms with Crippen LogP contribution in [0.2, 0.25) is 0 Å². The number of nitrogens with one attached hydrogen (secondary N) is 1. The SMILES string of the molecule is CCn1ccc(C)cc1=N. The van der Waals surface area contributed by atoms with Crippen LogP contribution < -0.4 is 5.49 Å². The summed E-state index contributed by atoms with van der Waals surface area (Å²) in [6.07, 6.45) is 1.94. The molecule has 0 radical (unpaired) electrons. The molecule has 2 nitrogen and oxygen atoms in total. The fourth-order valence-electron chi connectivity index (χ4n) is 0.910. The molecule has 1 rings (SSSR count). The van der Waals surface area contributed by atoms with Crippen LogP contribution in [0.4, 0.5) is 0 Å². The summed E-state index contributed by atoms with van der Waals surface area (Å²) in [7, 11) is 0. The topological polar surface area (TPSA) is 28.8 Å². The van der Waals surface area contributed by atoms with E-state index >= 15 is 0 Å². The molecule has 0 aromatic carbocycles. The molecule has 0 spiro atoms.